The molecule has 1 aromatic rings. The second-order valence-electron chi connectivity index (χ2n) is 7.52. The quantitative estimate of drug-likeness (QED) is 0.611. The number of methoxy groups -OCH3 is 1. The van der Waals surface area contributed by atoms with E-state index in [1.165, 1.54) is 18.4 Å². The van der Waals surface area contributed by atoms with E-state index in [9.17, 15) is 0 Å². The van der Waals surface area contributed by atoms with Gasteiger partial charge >= 0.3 is 0 Å². The van der Waals surface area contributed by atoms with E-state index >= 15 is 0 Å². The molecule has 22 heavy (non-hydrogen) atoms. The largest absolute Gasteiger partial charge is 0.497 e. The fourth-order valence-corrected chi connectivity index (χ4v) is 5.05. The average Bonchev–Trinajstić information content (AvgIpc) is 2.52. The van der Waals surface area contributed by atoms with Gasteiger partial charge in [-0.25, -0.2) is 0 Å². The third-order valence-electron chi connectivity index (χ3n) is 6.11. The van der Waals surface area contributed by atoms with Crippen LogP contribution < -0.4 is 4.74 Å². The summed E-state index contributed by atoms with van der Waals surface area (Å²) in [6, 6.07) is 8.11. The highest BCUT2D eigenvalue weighted by Crippen LogP contribution is 2.62. The van der Waals surface area contributed by atoms with Crippen LogP contribution in [0.1, 0.15) is 38.7 Å². The lowest BCUT2D eigenvalue weighted by molar-refractivity contribution is -0.107. The van der Waals surface area contributed by atoms with Crippen LogP contribution in [0.3, 0.4) is 0 Å². The highest BCUT2D eigenvalue weighted by Gasteiger charge is 2.56. The highest BCUT2D eigenvalue weighted by molar-refractivity contribution is 7.81. The van der Waals surface area contributed by atoms with E-state index in [1.807, 2.05) is 12.1 Å². The van der Waals surface area contributed by atoms with Crippen LogP contribution in [0.15, 0.2) is 24.3 Å². The Morgan fingerprint density at radius 3 is 2.55 bits per heavy atom. The lowest BCUT2D eigenvalue weighted by Gasteiger charge is -2.62. The van der Waals surface area contributed by atoms with Crippen LogP contribution in [0.25, 0.3) is 0 Å². The minimum atomic E-state index is 0.528. The first kappa shape index (κ1) is 16.2. The minimum Gasteiger partial charge on any atom is -0.497 e. The van der Waals surface area contributed by atoms with Crippen molar-refractivity contribution in [2.75, 3.05) is 13.7 Å². The Labute approximate surface area is 140 Å². The Morgan fingerprint density at radius 2 is 1.91 bits per heavy atom. The molecule has 0 heterocycles. The maximum Gasteiger partial charge on any atom is 0.118 e. The molecule has 4 atom stereocenters. The van der Waals surface area contributed by atoms with Crippen LogP contribution in [0.5, 0.6) is 5.75 Å². The van der Waals surface area contributed by atoms with Gasteiger partial charge in [0.15, 0.2) is 0 Å². The van der Waals surface area contributed by atoms with Crippen LogP contribution in [-0.4, -0.2) is 19.0 Å². The summed E-state index contributed by atoms with van der Waals surface area (Å²) in [6.45, 7) is 6.41. The predicted molar refractivity (Wildman–Crippen MR) is 93.5 cm³/mol. The molecule has 1 aromatic carbocycles. The van der Waals surface area contributed by atoms with Gasteiger partial charge < -0.3 is 9.47 Å². The molecule has 0 aromatic heterocycles. The van der Waals surface area contributed by atoms with Crippen molar-refractivity contribution in [2.24, 2.45) is 23.2 Å². The molecule has 0 spiro atoms. The standard InChI is InChI=1S/C19H28O2S/c1-19(2)14-10-17(19)16(18(22)11-14)8-9-21-12-13-4-6-15(20-3)7-5-13/h4-7,14,16-18,22H,8-12H2,1-3H3/t14-,16+,17+,18-/m1/s1. The molecule has 0 aliphatic heterocycles. The Morgan fingerprint density at radius 1 is 1.18 bits per heavy atom. The molecule has 2 bridgehead atoms. The van der Waals surface area contributed by atoms with Crippen LogP contribution in [0, 0.1) is 23.2 Å². The van der Waals surface area contributed by atoms with Crippen molar-refractivity contribution in [1.82, 2.24) is 0 Å². The van der Waals surface area contributed by atoms with Gasteiger partial charge in [-0.1, -0.05) is 26.0 Å². The number of hydrogen-bond donors (Lipinski definition) is 1. The van der Waals surface area contributed by atoms with Crippen molar-refractivity contribution in [3.63, 3.8) is 0 Å². The van der Waals surface area contributed by atoms with Crippen molar-refractivity contribution in [3.8, 4) is 5.75 Å². The molecule has 2 nitrogen and oxygen atoms in total. The van der Waals surface area contributed by atoms with E-state index < -0.39 is 0 Å². The van der Waals surface area contributed by atoms with Crippen molar-refractivity contribution >= 4 is 12.6 Å². The van der Waals surface area contributed by atoms with Gasteiger partial charge in [-0.2, -0.15) is 12.6 Å². The fourth-order valence-electron chi connectivity index (χ4n) is 4.44. The summed E-state index contributed by atoms with van der Waals surface area (Å²) in [5.74, 6) is 3.36. The molecule has 0 amide bonds. The van der Waals surface area contributed by atoms with Gasteiger partial charge in [0.1, 0.15) is 5.75 Å². The smallest absolute Gasteiger partial charge is 0.118 e. The Bertz CT molecular complexity index is 497. The number of thiol groups is 1. The monoisotopic (exact) mass is 320 g/mol. The van der Waals surface area contributed by atoms with E-state index in [-0.39, 0.29) is 0 Å². The molecular formula is C19H28O2S. The van der Waals surface area contributed by atoms with Gasteiger partial charge in [0.05, 0.1) is 13.7 Å². The minimum absolute atomic E-state index is 0.528. The Kier molecular flexibility index (Phi) is 4.75. The molecule has 0 unspecified atom stereocenters. The van der Waals surface area contributed by atoms with Gasteiger partial charge in [-0.3, -0.25) is 0 Å². The molecule has 0 saturated heterocycles. The SMILES string of the molecule is COc1ccc(COCC[C@@H]2[C@H](S)C[C@H]3C[C@@H]2C3(C)C)cc1. The normalized spacial score (nSPS) is 32.4. The third-order valence-corrected chi connectivity index (χ3v) is 6.70. The van der Waals surface area contributed by atoms with Crippen LogP contribution >= 0.6 is 12.6 Å². The second-order valence-corrected chi connectivity index (χ2v) is 8.18. The van der Waals surface area contributed by atoms with E-state index in [0.29, 0.717) is 17.3 Å². The summed E-state index contributed by atoms with van der Waals surface area (Å²) in [5.41, 5.74) is 1.73. The molecule has 0 N–H and O–H groups in total. The maximum absolute atomic E-state index is 5.90. The van der Waals surface area contributed by atoms with E-state index in [0.717, 1.165) is 36.5 Å². The Balaban J connectivity index is 1.44. The molecule has 3 aliphatic rings. The van der Waals surface area contributed by atoms with Crippen LogP contribution in [0.4, 0.5) is 0 Å². The maximum atomic E-state index is 5.90. The van der Waals surface area contributed by atoms with Crippen molar-refractivity contribution in [2.45, 2.75) is 45.0 Å². The van der Waals surface area contributed by atoms with Crippen LogP contribution in [0.2, 0.25) is 0 Å². The summed E-state index contributed by atoms with van der Waals surface area (Å²) in [4.78, 5) is 0. The number of fused-ring (bicyclic) bond motifs is 2. The van der Waals surface area contributed by atoms with Gasteiger partial charge in [0, 0.05) is 11.9 Å². The van der Waals surface area contributed by atoms with E-state index in [1.54, 1.807) is 7.11 Å². The van der Waals surface area contributed by atoms with Crippen molar-refractivity contribution in [3.05, 3.63) is 29.8 Å². The van der Waals surface area contributed by atoms with E-state index in [4.69, 9.17) is 22.1 Å². The molecule has 0 radical (unpaired) electrons. The fraction of sp³-hybridized carbons (Fsp3) is 0.684. The number of hydrogen-bond acceptors (Lipinski definition) is 3. The second kappa shape index (κ2) is 6.45. The van der Waals surface area contributed by atoms with Crippen LogP contribution in [-0.2, 0) is 11.3 Å². The first-order valence-corrected chi connectivity index (χ1v) is 8.92. The van der Waals surface area contributed by atoms with Gasteiger partial charge in [-0.05, 0) is 60.1 Å². The molecule has 3 fully saturated rings. The zero-order valence-corrected chi connectivity index (χ0v) is 14.8. The molecule has 3 heteroatoms. The van der Waals surface area contributed by atoms with Crippen molar-refractivity contribution < 1.29 is 9.47 Å². The van der Waals surface area contributed by atoms with Gasteiger partial charge in [0.25, 0.3) is 0 Å². The third kappa shape index (κ3) is 3.03. The predicted octanol–water partition coefficient (Wildman–Crippen LogP) is 4.58. The Hall–Kier alpha value is -0.670. The lowest BCUT2D eigenvalue weighted by Crippen LogP contribution is -2.56. The molecule has 4 rings (SSSR count). The molecule has 3 saturated carbocycles. The highest BCUT2D eigenvalue weighted by atomic mass is 32.1. The molecule has 3 aliphatic carbocycles. The number of benzene rings is 1. The summed E-state index contributed by atoms with van der Waals surface area (Å²) < 4.78 is 11.1. The summed E-state index contributed by atoms with van der Waals surface area (Å²) in [5, 5.41) is 0.571. The first-order chi connectivity index (χ1) is 10.5. The summed E-state index contributed by atoms with van der Waals surface area (Å²) >= 11 is 4.85. The van der Waals surface area contributed by atoms with Gasteiger partial charge in [-0.15, -0.1) is 0 Å². The first-order valence-electron chi connectivity index (χ1n) is 8.41. The summed E-state index contributed by atoms with van der Waals surface area (Å²) in [7, 11) is 1.69. The van der Waals surface area contributed by atoms with E-state index in [2.05, 4.69) is 26.0 Å². The molecular weight excluding hydrogens is 292 g/mol. The summed E-state index contributed by atoms with van der Waals surface area (Å²) in [6.07, 6.45) is 3.84. The number of ether oxygens (including phenoxy) is 2. The zero-order chi connectivity index (χ0) is 15.7. The van der Waals surface area contributed by atoms with Gasteiger partial charge in [0.2, 0.25) is 0 Å². The average molecular weight is 320 g/mol. The zero-order valence-electron chi connectivity index (χ0n) is 13.9. The molecule has 122 valence electrons. The topological polar surface area (TPSA) is 18.5 Å². The van der Waals surface area contributed by atoms with Crippen molar-refractivity contribution in [1.29, 1.82) is 0 Å². The number of rotatable bonds is 6. The lowest BCUT2D eigenvalue weighted by atomic mass is 9.45.